The van der Waals surface area contributed by atoms with Crippen LogP contribution in [-0.4, -0.2) is 12.7 Å². The van der Waals surface area contributed by atoms with E-state index in [1.165, 1.54) is 6.07 Å². The number of alkyl halides is 3. The molecule has 106 valence electrons. The normalized spacial score (nSPS) is 19.2. The van der Waals surface area contributed by atoms with E-state index in [2.05, 4.69) is 10.1 Å². The highest BCUT2D eigenvalue weighted by molar-refractivity contribution is 6.30. The third-order valence-electron chi connectivity index (χ3n) is 2.58. The van der Waals surface area contributed by atoms with E-state index in [4.69, 9.17) is 11.6 Å². The molecule has 1 fully saturated rings. The highest BCUT2D eigenvalue weighted by Crippen LogP contribution is 2.34. The summed E-state index contributed by atoms with van der Waals surface area (Å²) in [5.41, 5.74) is -0.503. The van der Waals surface area contributed by atoms with Gasteiger partial charge in [0.15, 0.2) is 0 Å². The van der Waals surface area contributed by atoms with Gasteiger partial charge in [-0.2, -0.15) is 13.2 Å². The maximum Gasteiger partial charge on any atom is 0.416 e. The molecule has 1 saturated heterocycles. The Bertz CT molecular complexity index is 479. The summed E-state index contributed by atoms with van der Waals surface area (Å²) in [6, 6.07) is 2.74. The molecular weight excluding hydrogens is 306 g/mol. The van der Waals surface area contributed by atoms with Crippen molar-refractivity contribution in [3.05, 3.63) is 34.3 Å². The molecule has 1 amide bonds. The summed E-state index contributed by atoms with van der Waals surface area (Å²) >= 11 is 5.67. The lowest BCUT2D eigenvalue weighted by atomic mass is 10.0. The smallest absolute Gasteiger partial charge is 0.416 e. The number of rotatable bonds is 1. The molecule has 0 unspecified atom stereocenters. The fraction of sp³-hybridized carbons (Fsp3) is 0.364. The lowest BCUT2D eigenvalue weighted by Crippen LogP contribution is -2.35. The highest BCUT2D eigenvalue weighted by atomic mass is 35.5. The molecule has 19 heavy (non-hydrogen) atoms. The van der Waals surface area contributed by atoms with E-state index in [9.17, 15) is 18.0 Å². The number of carbonyl (C=O) groups is 1. The van der Waals surface area contributed by atoms with Gasteiger partial charge in [-0.25, -0.2) is 4.79 Å². The number of nitrogens with one attached hydrogen (secondary N) is 1. The average molecular weight is 316 g/mol. The minimum absolute atomic E-state index is 0. The van der Waals surface area contributed by atoms with Crippen molar-refractivity contribution in [2.24, 2.45) is 0 Å². The van der Waals surface area contributed by atoms with Crippen molar-refractivity contribution in [3.63, 3.8) is 0 Å². The minimum atomic E-state index is -4.46. The van der Waals surface area contributed by atoms with Crippen LogP contribution in [0, 0.1) is 0 Å². The topological polar surface area (TPSA) is 38.3 Å². The van der Waals surface area contributed by atoms with E-state index >= 15 is 0 Å². The van der Waals surface area contributed by atoms with E-state index in [1.807, 2.05) is 0 Å². The van der Waals surface area contributed by atoms with Gasteiger partial charge in [-0.05, 0) is 23.8 Å². The highest BCUT2D eigenvalue weighted by Gasteiger charge is 2.32. The van der Waals surface area contributed by atoms with Crippen LogP contribution in [0.1, 0.15) is 23.6 Å². The molecule has 1 aliphatic heterocycles. The zero-order valence-electron chi connectivity index (χ0n) is 9.46. The Kier molecular flexibility index (Phi) is 4.92. The second-order valence-electron chi connectivity index (χ2n) is 3.89. The summed E-state index contributed by atoms with van der Waals surface area (Å²) in [5.74, 6) is 0. The van der Waals surface area contributed by atoms with Crippen molar-refractivity contribution >= 4 is 30.1 Å². The van der Waals surface area contributed by atoms with Gasteiger partial charge in [-0.3, -0.25) is 0 Å². The van der Waals surface area contributed by atoms with Crippen molar-refractivity contribution in [1.29, 1.82) is 0 Å². The molecule has 1 heterocycles. The number of benzene rings is 1. The first-order valence-electron chi connectivity index (χ1n) is 5.17. The molecule has 0 radical (unpaired) electrons. The molecular formula is C11H10Cl2F3NO2. The van der Waals surface area contributed by atoms with Gasteiger partial charge in [0, 0.05) is 11.4 Å². The third-order valence-corrected chi connectivity index (χ3v) is 2.80. The van der Waals surface area contributed by atoms with Crippen molar-refractivity contribution in [1.82, 2.24) is 5.32 Å². The van der Waals surface area contributed by atoms with Crippen LogP contribution in [0.4, 0.5) is 18.0 Å². The maximum absolute atomic E-state index is 12.6. The molecule has 8 heteroatoms. The van der Waals surface area contributed by atoms with Gasteiger partial charge >= 0.3 is 12.3 Å². The Hall–Kier alpha value is -1.14. The second-order valence-corrected chi connectivity index (χ2v) is 4.33. The summed E-state index contributed by atoms with van der Waals surface area (Å²) in [6.07, 6.45) is -4.70. The van der Waals surface area contributed by atoms with Gasteiger partial charge < -0.3 is 10.1 Å². The largest absolute Gasteiger partial charge is 0.449 e. The summed E-state index contributed by atoms with van der Waals surface area (Å²) in [4.78, 5) is 11.0. The molecule has 2 rings (SSSR count). The predicted octanol–water partition coefficient (Wildman–Crippen LogP) is 3.95. The number of ether oxygens (including phenoxy) is 1. The Balaban J connectivity index is 0.00000180. The molecule has 0 spiro atoms. The van der Waals surface area contributed by atoms with Crippen LogP contribution in [-0.2, 0) is 10.9 Å². The van der Waals surface area contributed by atoms with E-state index in [1.54, 1.807) is 0 Å². The van der Waals surface area contributed by atoms with E-state index in [0.29, 0.717) is 12.0 Å². The maximum atomic E-state index is 12.6. The van der Waals surface area contributed by atoms with Gasteiger partial charge in [-0.1, -0.05) is 11.6 Å². The van der Waals surface area contributed by atoms with Crippen LogP contribution in [0.3, 0.4) is 0 Å². The molecule has 3 nitrogen and oxygen atoms in total. The summed E-state index contributed by atoms with van der Waals surface area (Å²) in [7, 11) is 0. The van der Waals surface area contributed by atoms with Crippen molar-refractivity contribution in [2.45, 2.75) is 18.6 Å². The van der Waals surface area contributed by atoms with E-state index in [0.717, 1.165) is 12.1 Å². The first kappa shape index (κ1) is 15.9. The second kappa shape index (κ2) is 5.88. The van der Waals surface area contributed by atoms with Gasteiger partial charge in [-0.15, -0.1) is 12.4 Å². The standard InChI is InChI=1S/C11H9ClF3NO2.ClH/c12-8-4-6(3-7(5-8)11(13,14)15)9-1-2-18-10(17)16-9;/h3-5,9H,1-2H2,(H,16,17);1H/t9-;/m0./s1. The zero-order valence-corrected chi connectivity index (χ0v) is 11.0. The van der Waals surface area contributed by atoms with Gasteiger partial charge in [0.2, 0.25) is 0 Å². The van der Waals surface area contributed by atoms with Crippen molar-refractivity contribution in [3.8, 4) is 0 Å². The number of cyclic esters (lactones) is 1. The van der Waals surface area contributed by atoms with Crippen LogP contribution < -0.4 is 5.32 Å². The Labute approximate surface area is 118 Å². The molecule has 0 saturated carbocycles. The van der Waals surface area contributed by atoms with Crippen LogP contribution in [0.25, 0.3) is 0 Å². The molecule has 0 bridgehead atoms. The Morgan fingerprint density at radius 3 is 2.58 bits per heavy atom. The number of carbonyl (C=O) groups excluding carboxylic acids is 1. The third kappa shape index (κ3) is 3.91. The summed E-state index contributed by atoms with van der Waals surface area (Å²) in [5, 5.41) is 2.44. The van der Waals surface area contributed by atoms with Crippen LogP contribution in [0.5, 0.6) is 0 Å². The van der Waals surface area contributed by atoms with Crippen LogP contribution in [0.15, 0.2) is 18.2 Å². The molecule has 0 aliphatic carbocycles. The predicted molar refractivity (Wildman–Crippen MR) is 65.5 cm³/mol. The molecule has 1 atom stereocenters. The molecule has 1 N–H and O–H groups in total. The minimum Gasteiger partial charge on any atom is -0.449 e. The lowest BCUT2D eigenvalue weighted by molar-refractivity contribution is -0.137. The van der Waals surface area contributed by atoms with E-state index in [-0.39, 0.29) is 24.0 Å². The summed E-state index contributed by atoms with van der Waals surface area (Å²) < 4.78 is 42.5. The van der Waals surface area contributed by atoms with Gasteiger partial charge in [0.05, 0.1) is 18.2 Å². The number of hydrogen-bond donors (Lipinski definition) is 1. The lowest BCUT2D eigenvalue weighted by Gasteiger charge is -2.24. The zero-order chi connectivity index (χ0) is 13.3. The number of halogens is 5. The average Bonchev–Trinajstić information content (AvgIpc) is 2.27. The quantitative estimate of drug-likeness (QED) is 0.852. The molecule has 1 aromatic carbocycles. The number of hydrogen-bond acceptors (Lipinski definition) is 2. The van der Waals surface area contributed by atoms with Crippen LogP contribution in [0.2, 0.25) is 5.02 Å². The van der Waals surface area contributed by atoms with Crippen molar-refractivity contribution in [2.75, 3.05) is 6.61 Å². The van der Waals surface area contributed by atoms with Crippen molar-refractivity contribution < 1.29 is 22.7 Å². The summed E-state index contributed by atoms with van der Waals surface area (Å²) in [6.45, 7) is 0.171. The monoisotopic (exact) mass is 315 g/mol. The molecule has 0 aromatic heterocycles. The number of amides is 1. The van der Waals surface area contributed by atoms with Gasteiger partial charge in [0.25, 0.3) is 0 Å². The first-order chi connectivity index (χ1) is 8.36. The van der Waals surface area contributed by atoms with Gasteiger partial charge in [0.1, 0.15) is 0 Å². The fourth-order valence-corrected chi connectivity index (χ4v) is 2.00. The molecule has 1 aromatic rings. The van der Waals surface area contributed by atoms with E-state index < -0.39 is 23.9 Å². The Morgan fingerprint density at radius 2 is 2.00 bits per heavy atom. The SMILES string of the molecule is Cl.O=C1N[C@H](c2cc(Cl)cc(C(F)(F)F)c2)CCO1. The molecule has 1 aliphatic rings. The number of alkyl carbamates (subject to hydrolysis) is 1. The van der Waals surface area contributed by atoms with Crippen LogP contribution >= 0.6 is 24.0 Å². The first-order valence-corrected chi connectivity index (χ1v) is 5.55. The fourth-order valence-electron chi connectivity index (χ4n) is 1.75. The Morgan fingerprint density at radius 1 is 1.32 bits per heavy atom.